The molecule has 0 radical (unpaired) electrons. The molecule has 2 N–H and O–H groups in total. The van der Waals surface area contributed by atoms with Crippen molar-refractivity contribution in [1.29, 1.82) is 0 Å². The Balaban J connectivity index is 1.83. The summed E-state index contributed by atoms with van der Waals surface area (Å²) in [5.41, 5.74) is 3.24. The summed E-state index contributed by atoms with van der Waals surface area (Å²) in [5, 5.41) is 22.0. The van der Waals surface area contributed by atoms with Crippen LogP contribution in [0.15, 0.2) is 41.6 Å². The first-order chi connectivity index (χ1) is 13.5. The molecule has 1 unspecified atom stereocenters. The Morgan fingerprint density at radius 2 is 1.72 bits per heavy atom. The lowest BCUT2D eigenvalue weighted by Gasteiger charge is -2.42. The summed E-state index contributed by atoms with van der Waals surface area (Å²) in [6.45, 7) is 8.92. The highest BCUT2D eigenvalue weighted by Gasteiger charge is 2.37. The number of phenols is 1. The van der Waals surface area contributed by atoms with Gasteiger partial charge in [0.05, 0.1) is 0 Å². The van der Waals surface area contributed by atoms with E-state index in [9.17, 15) is 14.8 Å². The largest absolute Gasteiger partial charge is 0.507 e. The minimum Gasteiger partial charge on any atom is -0.507 e. The lowest BCUT2D eigenvalue weighted by molar-refractivity contribution is 0.0693. The molecule has 154 valence electrons. The topological polar surface area (TPSA) is 96.2 Å². The van der Waals surface area contributed by atoms with Gasteiger partial charge in [0.25, 0.3) is 0 Å². The van der Waals surface area contributed by atoms with Crippen LogP contribution in [0.25, 0.3) is 0 Å². The first-order valence-corrected chi connectivity index (χ1v) is 9.72. The number of carboxylic acid groups (broad SMARTS) is 1. The smallest absolute Gasteiger partial charge is 0.339 e. The normalized spacial score (nSPS) is 17.8. The van der Waals surface area contributed by atoms with E-state index < -0.39 is 12.0 Å². The number of fused-ring (bicyclic) bond motifs is 1. The number of hydrogen-bond donors (Lipinski definition) is 2. The van der Waals surface area contributed by atoms with Gasteiger partial charge in [-0.25, -0.2) is 4.79 Å². The number of nitrogens with zero attached hydrogens (tertiary/aromatic N) is 1. The maximum atomic E-state index is 11.5. The molecule has 1 atom stereocenters. The van der Waals surface area contributed by atoms with Crippen molar-refractivity contribution in [2.24, 2.45) is 5.18 Å². The number of nitroso groups, excluding NO2 is 1. The zero-order valence-corrected chi connectivity index (χ0v) is 17.2. The van der Waals surface area contributed by atoms with Crippen molar-refractivity contribution < 1.29 is 19.7 Å². The molecule has 0 spiro atoms. The Bertz CT molecular complexity index is 948. The zero-order chi connectivity index (χ0) is 21.4. The Morgan fingerprint density at radius 1 is 1.07 bits per heavy atom. The molecule has 6 heteroatoms. The van der Waals surface area contributed by atoms with Crippen molar-refractivity contribution in [3.05, 3.63) is 63.6 Å². The predicted molar refractivity (Wildman–Crippen MR) is 111 cm³/mol. The molecule has 2 aromatic rings. The van der Waals surface area contributed by atoms with Crippen LogP contribution in [-0.2, 0) is 10.8 Å². The van der Waals surface area contributed by atoms with Gasteiger partial charge in [-0.2, -0.15) is 4.91 Å². The van der Waals surface area contributed by atoms with Crippen LogP contribution in [0.5, 0.6) is 11.5 Å². The third-order valence-electron chi connectivity index (χ3n) is 6.00. The summed E-state index contributed by atoms with van der Waals surface area (Å²) in [6, 6.07) is 9.33. The molecule has 0 fully saturated rings. The molecule has 0 bridgehead atoms. The third kappa shape index (κ3) is 4.11. The fourth-order valence-electron chi connectivity index (χ4n) is 3.96. The molecule has 0 amide bonds. The van der Waals surface area contributed by atoms with E-state index in [0.29, 0.717) is 0 Å². The predicted octanol–water partition coefficient (Wildman–Crippen LogP) is 5.33. The minimum atomic E-state index is -1.22. The quantitative estimate of drug-likeness (QED) is 0.643. The summed E-state index contributed by atoms with van der Waals surface area (Å²) in [4.78, 5) is 22.5. The first kappa shape index (κ1) is 20.8. The first-order valence-electron chi connectivity index (χ1n) is 9.72. The average molecular weight is 397 g/mol. The number of rotatable bonds is 6. The van der Waals surface area contributed by atoms with Crippen LogP contribution in [0.4, 0.5) is 0 Å². The van der Waals surface area contributed by atoms with Crippen molar-refractivity contribution in [3.63, 3.8) is 0 Å². The van der Waals surface area contributed by atoms with E-state index in [1.54, 1.807) is 0 Å². The number of hydrogen-bond acceptors (Lipinski definition) is 5. The fraction of sp³-hybridized carbons (Fsp3) is 0.435. The maximum absolute atomic E-state index is 11.5. The standard InChI is InChI=1S/C23H27NO5/c1-22(2)9-10-23(3,4)18-11-14(5-8-17(18)22)19(24-28)13-29-15-6-7-16(21(26)27)20(25)12-15/h5-8,11-12,19,25H,9-10,13H2,1-4H3,(H,26,27). The fourth-order valence-corrected chi connectivity index (χ4v) is 3.96. The third-order valence-corrected chi connectivity index (χ3v) is 6.00. The van der Waals surface area contributed by atoms with Crippen LogP contribution in [0.2, 0.25) is 0 Å². The van der Waals surface area contributed by atoms with Gasteiger partial charge in [0.2, 0.25) is 0 Å². The van der Waals surface area contributed by atoms with Crippen LogP contribution in [0, 0.1) is 4.91 Å². The molecule has 0 saturated carbocycles. The molecular formula is C23H27NO5. The second kappa shape index (κ2) is 7.50. The average Bonchev–Trinajstić information content (AvgIpc) is 2.66. The molecular weight excluding hydrogens is 370 g/mol. The lowest BCUT2D eigenvalue weighted by atomic mass is 9.63. The van der Waals surface area contributed by atoms with Crippen molar-refractivity contribution in [1.82, 2.24) is 0 Å². The van der Waals surface area contributed by atoms with Crippen LogP contribution in [0.3, 0.4) is 0 Å². The van der Waals surface area contributed by atoms with E-state index in [2.05, 4.69) is 45.0 Å². The van der Waals surface area contributed by atoms with Crippen molar-refractivity contribution in [2.75, 3.05) is 6.61 Å². The van der Waals surface area contributed by atoms with Gasteiger partial charge in [-0.15, -0.1) is 0 Å². The van der Waals surface area contributed by atoms with Crippen LogP contribution in [0.1, 0.15) is 73.6 Å². The number of carbonyl (C=O) groups is 1. The highest BCUT2D eigenvalue weighted by atomic mass is 16.5. The summed E-state index contributed by atoms with van der Waals surface area (Å²) >= 11 is 0. The molecule has 29 heavy (non-hydrogen) atoms. The van der Waals surface area contributed by atoms with E-state index in [4.69, 9.17) is 9.84 Å². The van der Waals surface area contributed by atoms with Crippen LogP contribution in [-0.4, -0.2) is 22.8 Å². The second-order valence-corrected chi connectivity index (χ2v) is 8.99. The van der Waals surface area contributed by atoms with E-state index in [-0.39, 0.29) is 34.5 Å². The van der Waals surface area contributed by atoms with Gasteiger partial charge in [0.1, 0.15) is 23.7 Å². The Hall–Kier alpha value is -2.89. The van der Waals surface area contributed by atoms with Crippen molar-refractivity contribution in [2.45, 2.75) is 57.4 Å². The Labute approximate surface area is 170 Å². The summed E-state index contributed by atoms with van der Waals surface area (Å²) in [5.74, 6) is -1.33. The molecule has 1 aliphatic carbocycles. The number of carboxylic acids is 1. The summed E-state index contributed by atoms with van der Waals surface area (Å²) < 4.78 is 5.62. The molecule has 0 saturated heterocycles. The molecule has 0 aliphatic heterocycles. The van der Waals surface area contributed by atoms with E-state index in [0.717, 1.165) is 18.4 Å². The van der Waals surface area contributed by atoms with Gasteiger partial charge in [-0.05, 0) is 52.5 Å². The van der Waals surface area contributed by atoms with Gasteiger partial charge in [0, 0.05) is 6.07 Å². The van der Waals surface area contributed by atoms with Gasteiger partial charge in [0.15, 0.2) is 6.04 Å². The number of benzene rings is 2. The van der Waals surface area contributed by atoms with Crippen molar-refractivity contribution >= 4 is 5.97 Å². The Kier molecular flexibility index (Phi) is 5.39. The lowest BCUT2D eigenvalue weighted by Crippen LogP contribution is -2.34. The maximum Gasteiger partial charge on any atom is 0.339 e. The molecule has 0 aromatic heterocycles. The second-order valence-electron chi connectivity index (χ2n) is 8.99. The zero-order valence-electron chi connectivity index (χ0n) is 17.2. The highest BCUT2D eigenvalue weighted by Crippen LogP contribution is 2.46. The summed E-state index contributed by atoms with van der Waals surface area (Å²) in [6.07, 6.45) is 2.18. The number of aromatic carboxylic acids is 1. The minimum absolute atomic E-state index is 0.00202. The SMILES string of the molecule is CC1(C)CCC(C)(C)c2cc(C(COc3ccc(C(=O)O)c(O)c3)N=O)ccc21. The highest BCUT2D eigenvalue weighted by molar-refractivity contribution is 5.90. The van der Waals surface area contributed by atoms with Gasteiger partial charge in [-0.1, -0.05) is 51.1 Å². The summed E-state index contributed by atoms with van der Waals surface area (Å²) in [7, 11) is 0. The van der Waals surface area contributed by atoms with E-state index >= 15 is 0 Å². The molecule has 3 rings (SSSR count). The molecule has 1 aliphatic rings. The van der Waals surface area contributed by atoms with Crippen LogP contribution < -0.4 is 4.74 Å². The molecule has 2 aromatic carbocycles. The van der Waals surface area contributed by atoms with E-state index in [1.165, 1.54) is 29.3 Å². The molecule has 0 heterocycles. The molecule has 6 nitrogen and oxygen atoms in total. The van der Waals surface area contributed by atoms with Gasteiger partial charge < -0.3 is 14.9 Å². The number of aromatic hydroxyl groups is 1. The van der Waals surface area contributed by atoms with Gasteiger partial charge in [-0.3, -0.25) is 0 Å². The van der Waals surface area contributed by atoms with Crippen LogP contribution >= 0.6 is 0 Å². The number of ether oxygens (including phenoxy) is 1. The van der Waals surface area contributed by atoms with Crippen molar-refractivity contribution in [3.8, 4) is 11.5 Å². The van der Waals surface area contributed by atoms with E-state index in [1.807, 2.05) is 6.07 Å². The van der Waals surface area contributed by atoms with Gasteiger partial charge >= 0.3 is 5.97 Å². The Morgan fingerprint density at radius 3 is 2.31 bits per heavy atom. The monoisotopic (exact) mass is 397 g/mol.